The minimum absolute atomic E-state index is 0.850. The predicted molar refractivity (Wildman–Crippen MR) is 55.8 cm³/mol. The molecule has 0 atom stereocenters. The quantitative estimate of drug-likeness (QED) is 0.760. The van der Waals surface area contributed by atoms with Crippen LogP contribution in [-0.2, 0) is 11.8 Å². The van der Waals surface area contributed by atoms with Gasteiger partial charge in [-0.1, -0.05) is 15.9 Å². The van der Waals surface area contributed by atoms with Crippen LogP contribution in [0.2, 0.25) is 0 Å². The third-order valence-electron chi connectivity index (χ3n) is 2.44. The molecule has 0 aliphatic heterocycles. The molecule has 3 heteroatoms. The highest BCUT2D eigenvalue weighted by Gasteiger charge is 2.22. The van der Waals surface area contributed by atoms with Gasteiger partial charge in [0.2, 0.25) is 0 Å². The van der Waals surface area contributed by atoms with Gasteiger partial charge in [-0.25, -0.2) is 9.97 Å². The largest absolute Gasteiger partial charge is 0.241 e. The first kappa shape index (κ1) is 9.13. The molecule has 1 aromatic heterocycles. The van der Waals surface area contributed by atoms with Gasteiger partial charge in [-0.05, 0) is 25.7 Å². The van der Waals surface area contributed by atoms with Crippen molar-refractivity contribution < 1.29 is 0 Å². The molecule has 0 unspecified atom stereocenters. The first-order chi connectivity index (χ1) is 6.29. The summed E-state index contributed by atoms with van der Waals surface area (Å²) in [6, 6.07) is 0. The van der Waals surface area contributed by atoms with Crippen LogP contribution in [0.15, 0.2) is 6.20 Å². The molecule has 0 saturated heterocycles. The van der Waals surface area contributed by atoms with E-state index in [0.717, 1.165) is 29.2 Å². The van der Waals surface area contributed by atoms with Crippen molar-refractivity contribution in [2.45, 2.75) is 31.5 Å². The Kier molecular flexibility index (Phi) is 2.63. The molecule has 13 heavy (non-hydrogen) atoms. The van der Waals surface area contributed by atoms with Crippen LogP contribution < -0.4 is 0 Å². The van der Waals surface area contributed by atoms with Crippen LogP contribution in [0.25, 0.3) is 0 Å². The van der Waals surface area contributed by atoms with Crippen LogP contribution in [0.3, 0.4) is 0 Å². The van der Waals surface area contributed by atoms with Gasteiger partial charge in [-0.3, -0.25) is 0 Å². The summed E-state index contributed by atoms with van der Waals surface area (Å²) in [5.74, 6) is 1.89. The van der Waals surface area contributed by atoms with Crippen molar-refractivity contribution >= 4 is 15.9 Å². The second-order valence-corrected chi connectivity index (χ2v) is 4.24. The maximum Gasteiger partial charge on any atom is 0.128 e. The molecule has 0 amide bonds. The van der Waals surface area contributed by atoms with Crippen molar-refractivity contribution in [3.05, 3.63) is 23.3 Å². The smallest absolute Gasteiger partial charge is 0.128 e. The lowest BCUT2D eigenvalue weighted by molar-refractivity contribution is 0.760. The summed E-state index contributed by atoms with van der Waals surface area (Å²) in [5.41, 5.74) is 2.31. The number of aryl methyl sites for hydroxylation is 1. The Morgan fingerprint density at radius 2 is 2.31 bits per heavy atom. The van der Waals surface area contributed by atoms with Crippen molar-refractivity contribution in [1.29, 1.82) is 0 Å². The van der Waals surface area contributed by atoms with Gasteiger partial charge in [0.25, 0.3) is 0 Å². The van der Waals surface area contributed by atoms with E-state index in [2.05, 4.69) is 32.8 Å². The molecule has 1 aliphatic rings. The summed E-state index contributed by atoms with van der Waals surface area (Å²) in [7, 11) is 0. The van der Waals surface area contributed by atoms with E-state index in [1.54, 1.807) is 0 Å². The Balaban J connectivity index is 2.13. The van der Waals surface area contributed by atoms with Crippen LogP contribution in [0.5, 0.6) is 0 Å². The first-order valence-electron chi connectivity index (χ1n) is 4.67. The molecule has 0 aromatic carbocycles. The maximum atomic E-state index is 4.48. The number of hydrogen-bond acceptors (Lipinski definition) is 2. The van der Waals surface area contributed by atoms with Gasteiger partial charge in [0.15, 0.2) is 0 Å². The molecule has 1 fully saturated rings. The third kappa shape index (κ3) is 2.27. The van der Waals surface area contributed by atoms with E-state index in [1.807, 2.05) is 6.20 Å². The zero-order chi connectivity index (χ0) is 9.26. The Labute approximate surface area is 86.9 Å². The van der Waals surface area contributed by atoms with Crippen molar-refractivity contribution in [2.75, 3.05) is 0 Å². The summed E-state index contributed by atoms with van der Waals surface area (Å²) < 4.78 is 0. The molecule has 0 bridgehead atoms. The summed E-state index contributed by atoms with van der Waals surface area (Å²) >= 11 is 3.42. The average molecular weight is 241 g/mol. The zero-order valence-electron chi connectivity index (χ0n) is 7.76. The van der Waals surface area contributed by atoms with Crippen LogP contribution >= 0.6 is 15.9 Å². The van der Waals surface area contributed by atoms with Gasteiger partial charge in [-0.15, -0.1) is 0 Å². The monoisotopic (exact) mass is 240 g/mol. The lowest BCUT2D eigenvalue weighted by Gasteiger charge is -2.03. The SMILES string of the molecule is Cc1nc(CC2CC2)ncc1CBr. The Bertz CT molecular complexity index is 308. The lowest BCUT2D eigenvalue weighted by Crippen LogP contribution is -2.00. The Hall–Kier alpha value is -0.440. The molecule has 1 saturated carbocycles. The number of rotatable bonds is 3. The summed E-state index contributed by atoms with van der Waals surface area (Å²) in [6.45, 7) is 2.05. The van der Waals surface area contributed by atoms with Gasteiger partial charge in [0.1, 0.15) is 5.82 Å². The fraction of sp³-hybridized carbons (Fsp3) is 0.600. The summed E-state index contributed by atoms with van der Waals surface area (Å²) in [6.07, 6.45) is 5.74. The standard InChI is InChI=1S/C10H13BrN2/c1-7-9(5-11)6-12-10(13-7)4-8-2-3-8/h6,8H,2-5H2,1H3. The van der Waals surface area contributed by atoms with E-state index in [0.29, 0.717) is 0 Å². The molecule has 1 heterocycles. The van der Waals surface area contributed by atoms with E-state index < -0.39 is 0 Å². The van der Waals surface area contributed by atoms with Crippen molar-refractivity contribution in [1.82, 2.24) is 9.97 Å². The Morgan fingerprint density at radius 3 is 2.85 bits per heavy atom. The van der Waals surface area contributed by atoms with E-state index in [4.69, 9.17) is 0 Å². The highest BCUT2D eigenvalue weighted by Crippen LogP contribution is 2.31. The van der Waals surface area contributed by atoms with Crippen molar-refractivity contribution in [3.8, 4) is 0 Å². The van der Waals surface area contributed by atoms with E-state index in [9.17, 15) is 0 Å². The van der Waals surface area contributed by atoms with Gasteiger partial charge in [-0.2, -0.15) is 0 Å². The zero-order valence-corrected chi connectivity index (χ0v) is 9.34. The fourth-order valence-corrected chi connectivity index (χ4v) is 1.90. The third-order valence-corrected chi connectivity index (χ3v) is 3.05. The molecule has 1 aromatic rings. The second-order valence-electron chi connectivity index (χ2n) is 3.68. The number of nitrogens with zero attached hydrogens (tertiary/aromatic N) is 2. The highest BCUT2D eigenvalue weighted by molar-refractivity contribution is 9.08. The van der Waals surface area contributed by atoms with Crippen molar-refractivity contribution in [3.63, 3.8) is 0 Å². The summed E-state index contributed by atoms with van der Waals surface area (Å²) in [5, 5.41) is 0.850. The van der Waals surface area contributed by atoms with Gasteiger partial charge < -0.3 is 0 Å². The Morgan fingerprint density at radius 1 is 1.54 bits per heavy atom. The normalized spacial score (nSPS) is 16.2. The van der Waals surface area contributed by atoms with E-state index in [-0.39, 0.29) is 0 Å². The molecule has 2 nitrogen and oxygen atoms in total. The van der Waals surface area contributed by atoms with Crippen molar-refractivity contribution in [2.24, 2.45) is 5.92 Å². The molecular weight excluding hydrogens is 228 g/mol. The lowest BCUT2D eigenvalue weighted by atomic mass is 10.2. The molecule has 2 rings (SSSR count). The molecule has 1 aliphatic carbocycles. The van der Waals surface area contributed by atoms with E-state index in [1.165, 1.54) is 18.4 Å². The highest BCUT2D eigenvalue weighted by atomic mass is 79.9. The minimum Gasteiger partial charge on any atom is -0.241 e. The predicted octanol–water partition coefficient (Wildman–Crippen LogP) is 2.63. The molecule has 0 spiro atoms. The molecular formula is C10H13BrN2. The molecule has 0 N–H and O–H groups in total. The summed E-state index contributed by atoms with van der Waals surface area (Å²) in [4.78, 5) is 8.83. The first-order valence-corrected chi connectivity index (χ1v) is 5.79. The number of alkyl halides is 1. The van der Waals surface area contributed by atoms with Gasteiger partial charge >= 0.3 is 0 Å². The van der Waals surface area contributed by atoms with Gasteiger partial charge in [0.05, 0.1) is 0 Å². The minimum atomic E-state index is 0.850. The molecule has 0 radical (unpaired) electrons. The van der Waals surface area contributed by atoms with E-state index >= 15 is 0 Å². The topological polar surface area (TPSA) is 25.8 Å². The number of aromatic nitrogens is 2. The van der Waals surface area contributed by atoms with Crippen LogP contribution in [-0.4, -0.2) is 9.97 Å². The van der Waals surface area contributed by atoms with Crippen LogP contribution in [0.4, 0.5) is 0 Å². The van der Waals surface area contributed by atoms with Crippen LogP contribution in [0.1, 0.15) is 29.9 Å². The second kappa shape index (κ2) is 3.74. The number of hydrogen-bond donors (Lipinski definition) is 0. The van der Waals surface area contributed by atoms with Gasteiger partial charge in [0, 0.05) is 29.2 Å². The average Bonchev–Trinajstić information content (AvgIpc) is 2.89. The maximum absolute atomic E-state index is 4.48. The van der Waals surface area contributed by atoms with Crippen LogP contribution in [0, 0.1) is 12.8 Å². The molecule has 70 valence electrons. The fourth-order valence-electron chi connectivity index (χ4n) is 1.35. The number of halogens is 1.